The van der Waals surface area contributed by atoms with Crippen LogP contribution in [0, 0.1) is 23.7 Å². The minimum atomic E-state index is -0.356. The van der Waals surface area contributed by atoms with Gasteiger partial charge in [-0.2, -0.15) is 0 Å². The van der Waals surface area contributed by atoms with Gasteiger partial charge in [0, 0.05) is 12.6 Å². The number of aliphatic hydroxyl groups excluding tert-OH is 1. The molecule has 0 aromatic heterocycles. The molecule has 0 aliphatic carbocycles. The highest BCUT2D eigenvalue weighted by molar-refractivity contribution is 5.25. The van der Waals surface area contributed by atoms with Gasteiger partial charge in [0.1, 0.15) is 0 Å². The molecule has 2 heteroatoms. The van der Waals surface area contributed by atoms with E-state index in [1.54, 1.807) is 0 Å². The molecule has 0 bridgehead atoms. The van der Waals surface area contributed by atoms with Crippen molar-refractivity contribution in [3.8, 4) is 11.8 Å². The van der Waals surface area contributed by atoms with Crippen molar-refractivity contribution >= 4 is 0 Å². The van der Waals surface area contributed by atoms with Gasteiger partial charge in [-0.3, -0.25) is 0 Å². The lowest BCUT2D eigenvalue weighted by Gasteiger charge is -2.41. The van der Waals surface area contributed by atoms with Gasteiger partial charge in [-0.25, -0.2) is 0 Å². The molecule has 2 nitrogen and oxygen atoms in total. The normalized spacial score (nSPS) is 36.9. The van der Waals surface area contributed by atoms with Crippen LogP contribution < -0.4 is 0 Å². The summed E-state index contributed by atoms with van der Waals surface area (Å²) in [6.07, 6.45) is -0.356. The van der Waals surface area contributed by atoms with E-state index in [1.165, 1.54) is 0 Å². The maximum absolute atomic E-state index is 10.1. The number of hydrogen-bond donors (Lipinski definition) is 1. The van der Waals surface area contributed by atoms with E-state index in [0.29, 0.717) is 5.92 Å². The molecular formula is C13H21NO. The van der Waals surface area contributed by atoms with E-state index in [9.17, 15) is 5.11 Å². The van der Waals surface area contributed by atoms with Crippen LogP contribution in [0.25, 0.3) is 0 Å². The standard InChI is InChI=1S/C13H21NO/c1-9(2)6-7-12-10(3)8-14(5)11(4)13(12)15/h10-13,15H,1,8H2,2-5H3. The molecule has 84 valence electrons. The largest absolute Gasteiger partial charge is 0.390 e. The molecular weight excluding hydrogens is 186 g/mol. The zero-order chi connectivity index (χ0) is 11.6. The quantitative estimate of drug-likeness (QED) is 0.609. The number of likely N-dealkylation sites (N-methyl/N-ethyl adjacent to an activating group) is 1. The maximum atomic E-state index is 10.1. The van der Waals surface area contributed by atoms with Gasteiger partial charge in [0.2, 0.25) is 0 Å². The minimum absolute atomic E-state index is 0.0768. The molecule has 0 saturated carbocycles. The van der Waals surface area contributed by atoms with Crippen LogP contribution in [-0.4, -0.2) is 35.7 Å². The molecule has 0 spiro atoms. The summed E-state index contributed by atoms with van der Waals surface area (Å²) >= 11 is 0. The van der Waals surface area contributed by atoms with Crippen molar-refractivity contribution in [1.29, 1.82) is 0 Å². The number of piperidine rings is 1. The minimum Gasteiger partial charge on any atom is -0.390 e. The van der Waals surface area contributed by atoms with E-state index in [0.717, 1.165) is 12.1 Å². The lowest BCUT2D eigenvalue weighted by Crippen LogP contribution is -2.52. The Morgan fingerprint density at radius 3 is 2.60 bits per heavy atom. The van der Waals surface area contributed by atoms with Crippen LogP contribution in [0.4, 0.5) is 0 Å². The van der Waals surface area contributed by atoms with Crippen LogP contribution in [-0.2, 0) is 0 Å². The number of allylic oxidation sites excluding steroid dienone is 1. The van der Waals surface area contributed by atoms with Crippen LogP contribution in [0.5, 0.6) is 0 Å². The Hall–Kier alpha value is -0.780. The molecule has 0 radical (unpaired) electrons. The molecule has 15 heavy (non-hydrogen) atoms. The average molecular weight is 207 g/mol. The van der Waals surface area contributed by atoms with Crippen molar-refractivity contribution < 1.29 is 5.11 Å². The van der Waals surface area contributed by atoms with Crippen LogP contribution in [0.3, 0.4) is 0 Å². The molecule has 1 saturated heterocycles. The van der Waals surface area contributed by atoms with Crippen molar-refractivity contribution in [1.82, 2.24) is 4.90 Å². The second-order valence-corrected chi connectivity index (χ2v) is 4.72. The fraction of sp³-hybridized carbons (Fsp3) is 0.692. The van der Waals surface area contributed by atoms with Crippen LogP contribution in [0.2, 0.25) is 0 Å². The van der Waals surface area contributed by atoms with E-state index < -0.39 is 0 Å². The summed E-state index contributed by atoms with van der Waals surface area (Å²) in [5.74, 6) is 6.62. The molecule has 1 rings (SSSR count). The first kappa shape index (κ1) is 12.3. The number of aliphatic hydroxyl groups is 1. The first-order chi connectivity index (χ1) is 6.93. The summed E-state index contributed by atoms with van der Waals surface area (Å²) in [5, 5.41) is 10.1. The molecule has 0 aromatic rings. The predicted molar refractivity (Wildman–Crippen MR) is 63.3 cm³/mol. The molecule has 1 fully saturated rings. The maximum Gasteiger partial charge on any atom is 0.0832 e. The van der Waals surface area contributed by atoms with Gasteiger partial charge < -0.3 is 10.0 Å². The molecule has 0 aromatic carbocycles. The highest BCUT2D eigenvalue weighted by Gasteiger charge is 2.35. The van der Waals surface area contributed by atoms with Crippen molar-refractivity contribution in [3.63, 3.8) is 0 Å². The molecule has 1 aliphatic rings. The average Bonchev–Trinajstić information content (AvgIpc) is 2.14. The van der Waals surface area contributed by atoms with Gasteiger partial charge in [-0.1, -0.05) is 25.3 Å². The topological polar surface area (TPSA) is 23.5 Å². The van der Waals surface area contributed by atoms with Gasteiger partial charge in [-0.15, -0.1) is 0 Å². The Balaban J connectivity index is 2.80. The fourth-order valence-electron chi connectivity index (χ4n) is 2.07. The highest BCUT2D eigenvalue weighted by Crippen LogP contribution is 2.26. The second kappa shape index (κ2) is 4.83. The monoisotopic (exact) mass is 207 g/mol. The van der Waals surface area contributed by atoms with Gasteiger partial charge in [0.15, 0.2) is 0 Å². The van der Waals surface area contributed by atoms with Crippen LogP contribution >= 0.6 is 0 Å². The van der Waals surface area contributed by atoms with Gasteiger partial charge >= 0.3 is 0 Å². The van der Waals surface area contributed by atoms with Gasteiger partial charge in [-0.05, 0) is 32.4 Å². The fourth-order valence-corrected chi connectivity index (χ4v) is 2.07. The third kappa shape index (κ3) is 2.84. The third-order valence-corrected chi connectivity index (χ3v) is 3.20. The molecule has 4 unspecified atom stereocenters. The summed E-state index contributed by atoms with van der Waals surface area (Å²) in [4.78, 5) is 2.19. The lowest BCUT2D eigenvalue weighted by molar-refractivity contribution is -0.0178. The number of rotatable bonds is 0. The zero-order valence-electron chi connectivity index (χ0n) is 10.1. The van der Waals surface area contributed by atoms with Crippen molar-refractivity contribution in [3.05, 3.63) is 12.2 Å². The highest BCUT2D eigenvalue weighted by atomic mass is 16.3. The lowest BCUT2D eigenvalue weighted by atomic mass is 9.81. The summed E-state index contributed by atoms with van der Waals surface area (Å²) in [7, 11) is 2.05. The molecule has 1 heterocycles. The Kier molecular flexibility index (Phi) is 3.96. The van der Waals surface area contributed by atoms with E-state index in [2.05, 4.69) is 30.2 Å². The molecule has 0 amide bonds. The van der Waals surface area contributed by atoms with E-state index >= 15 is 0 Å². The zero-order valence-corrected chi connectivity index (χ0v) is 10.1. The van der Waals surface area contributed by atoms with Crippen molar-refractivity contribution in [2.45, 2.75) is 32.9 Å². The predicted octanol–water partition coefficient (Wildman–Crippen LogP) is 1.51. The molecule has 1 N–H and O–H groups in total. The second-order valence-electron chi connectivity index (χ2n) is 4.72. The Labute approximate surface area is 93.0 Å². The van der Waals surface area contributed by atoms with Crippen LogP contribution in [0.1, 0.15) is 20.8 Å². The number of hydrogen-bond acceptors (Lipinski definition) is 2. The Morgan fingerprint density at radius 2 is 2.07 bits per heavy atom. The SMILES string of the molecule is C=C(C)C#CC1C(C)CN(C)C(C)C1O. The third-order valence-electron chi connectivity index (χ3n) is 3.20. The van der Waals surface area contributed by atoms with Crippen molar-refractivity contribution in [2.75, 3.05) is 13.6 Å². The molecule has 1 aliphatic heterocycles. The van der Waals surface area contributed by atoms with E-state index in [4.69, 9.17) is 0 Å². The van der Waals surface area contributed by atoms with Crippen molar-refractivity contribution in [2.24, 2.45) is 11.8 Å². The van der Waals surface area contributed by atoms with Gasteiger partial charge in [0.05, 0.1) is 12.0 Å². The van der Waals surface area contributed by atoms with E-state index in [1.807, 2.05) is 20.9 Å². The number of likely N-dealkylation sites (tertiary alicyclic amines) is 1. The summed E-state index contributed by atoms with van der Waals surface area (Å²) in [6.45, 7) is 10.8. The Morgan fingerprint density at radius 1 is 1.47 bits per heavy atom. The van der Waals surface area contributed by atoms with Crippen LogP contribution in [0.15, 0.2) is 12.2 Å². The van der Waals surface area contributed by atoms with E-state index in [-0.39, 0.29) is 18.1 Å². The summed E-state index contributed by atoms with van der Waals surface area (Å²) < 4.78 is 0. The summed E-state index contributed by atoms with van der Waals surface area (Å²) in [6, 6.07) is 0.186. The first-order valence-corrected chi connectivity index (χ1v) is 5.49. The number of nitrogens with zero attached hydrogens (tertiary/aromatic N) is 1. The molecule has 4 atom stereocenters. The van der Waals surface area contributed by atoms with Gasteiger partial charge in [0.25, 0.3) is 0 Å². The first-order valence-electron chi connectivity index (χ1n) is 5.49. The summed E-state index contributed by atoms with van der Waals surface area (Å²) in [5.41, 5.74) is 0.862. The smallest absolute Gasteiger partial charge is 0.0832 e. The Bertz CT molecular complexity index is 299.